The fraction of sp³-hybridized carbons (Fsp3) is 0.0909. The first-order valence-electron chi connectivity index (χ1n) is 9.20. The molecule has 3 rings (SSSR count). The number of ether oxygens (including phenoxy) is 2. The molecule has 0 saturated carbocycles. The van der Waals surface area contributed by atoms with Crippen LogP contribution in [0.4, 0.5) is 11.4 Å². The lowest BCUT2D eigenvalue weighted by atomic mass is 10.1. The normalized spacial score (nSPS) is 10.3. The van der Waals surface area contributed by atoms with E-state index >= 15 is 0 Å². The highest BCUT2D eigenvalue weighted by atomic mass is 16.6. The minimum absolute atomic E-state index is 0.0871. The molecular formula is C22H16N2O8. The van der Waals surface area contributed by atoms with E-state index in [-0.39, 0.29) is 34.0 Å². The third-order valence-electron chi connectivity index (χ3n) is 4.51. The van der Waals surface area contributed by atoms with E-state index in [0.29, 0.717) is 11.1 Å². The van der Waals surface area contributed by atoms with Gasteiger partial charge in [-0.2, -0.15) is 0 Å². The first kappa shape index (κ1) is 22.1. The van der Waals surface area contributed by atoms with Gasteiger partial charge in [0, 0.05) is 23.3 Å². The largest absolute Gasteiger partial charge is 0.423 e. The molecule has 0 aliphatic carbocycles. The van der Waals surface area contributed by atoms with Crippen molar-refractivity contribution in [2.24, 2.45) is 0 Å². The third-order valence-corrected chi connectivity index (χ3v) is 4.51. The van der Waals surface area contributed by atoms with E-state index in [1.165, 1.54) is 74.5 Å². The zero-order valence-electron chi connectivity index (χ0n) is 16.9. The zero-order chi connectivity index (χ0) is 23.4. The van der Waals surface area contributed by atoms with E-state index < -0.39 is 21.8 Å². The van der Waals surface area contributed by atoms with Crippen molar-refractivity contribution in [2.75, 3.05) is 0 Å². The van der Waals surface area contributed by atoms with E-state index in [9.17, 15) is 29.8 Å². The van der Waals surface area contributed by atoms with Crippen LogP contribution in [-0.4, -0.2) is 21.8 Å². The summed E-state index contributed by atoms with van der Waals surface area (Å²) in [7, 11) is 0. The van der Waals surface area contributed by atoms with Crippen molar-refractivity contribution in [3.05, 3.63) is 103 Å². The second-order valence-corrected chi connectivity index (χ2v) is 6.77. The average Bonchev–Trinajstić information content (AvgIpc) is 2.73. The van der Waals surface area contributed by atoms with Crippen LogP contribution in [0.1, 0.15) is 31.8 Å². The minimum Gasteiger partial charge on any atom is -0.423 e. The lowest BCUT2D eigenvalue weighted by Crippen LogP contribution is -2.11. The number of benzene rings is 3. The lowest BCUT2D eigenvalue weighted by Gasteiger charge is -2.07. The van der Waals surface area contributed by atoms with E-state index in [0.717, 1.165) is 0 Å². The van der Waals surface area contributed by atoms with Crippen molar-refractivity contribution >= 4 is 23.3 Å². The van der Waals surface area contributed by atoms with Gasteiger partial charge in [-0.25, -0.2) is 9.59 Å². The number of carbonyl (C=O) groups is 2. The second kappa shape index (κ2) is 9.04. The monoisotopic (exact) mass is 436 g/mol. The molecule has 3 aromatic rings. The number of aryl methyl sites for hydroxylation is 2. The van der Waals surface area contributed by atoms with Crippen LogP contribution in [0.2, 0.25) is 0 Å². The van der Waals surface area contributed by atoms with Gasteiger partial charge >= 0.3 is 11.9 Å². The summed E-state index contributed by atoms with van der Waals surface area (Å²) >= 11 is 0. The molecule has 0 atom stereocenters. The topological polar surface area (TPSA) is 139 Å². The summed E-state index contributed by atoms with van der Waals surface area (Å²) < 4.78 is 10.4. The molecule has 10 nitrogen and oxygen atoms in total. The Bertz CT molecular complexity index is 1140. The molecule has 0 aromatic heterocycles. The van der Waals surface area contributed by atoms with Crippen LogP contribution in [0, 0.1) is 34.1 Å². The number of nitrogens with zero attached hydrogens (tertiary/aromatic N) is 2. The van der Waals surface area contributed by atoms with Gasteiger partial charge in [-0.05, 0) is 62.4 Å². The first-order chi connectivity index (χ1) is 15.2. The molecule has 0 saturated heterocycles. The van der Waals surface area contributed by atoms with Gasteiger partial charge in [0.25, 0.3) is 11.4 Å². The number of nitro benzene ring substituents is 2. The molecule has 162 valence electrons. The molecule has 0 bridgehead atoms. The summed E-state index contributed by atoms with van der Waals surface area (Å²) in [5.74, 6) is -1.11. The molecule has 0 fully saturated rings. The third kappa shape index (κ3) is 4.93. The summed E-state index contributed by atoms with van der Waals surface area (Å²) in [6.45, 7) is 3.06. The molecule has 0 spiro atoms. The van der Waals surface area contributed by atoms with Crippen molar-refractivity contribution in [3.8, 4) is 11.5 Å². The number of carbonyl (C=O) groups excluding carboxylic acids is 2. The van der Waals surface area contributed by atoms with Crippen LogP contribution in [-0.2, 0) is 0 Å². The molecule has 0 aliphatic heterocycles. The van der Waals surface area contributed by atoms with Crippen LogP contribution in [0.15, 0.2) is 60.7 Å². The number of esters is 2. The number of rotatable bonds is 6. The van der Waals surface area contributed by atoms with E-state index in [1.807, 2.05) is 0 Å². The standard InChI is InChI=1S/C22H16N2O8/c1-13-11-17(7-9-19(13)23(27)28)31-21(25)15-3-5-16(6-4-15)22(26)32-18-8-10-20(24(29)30)14(2)12-18/h3-12H,1-2H3. The molecule has 10 heteroatoms. The summed E-state index contributed by atoms with van der Waals surface area (Å²) in [6, 6.07) is 13.4. The highest BCUT2D eigenvalue weighted by Crippen LogP contribution is 2.25. The summed E-state index contributed by atoms with van der Waals surface area (Å²) in [5.41, 5.74) is 0.832. The van der Waals surface area contributed by atoms with Crippen LogP contribution in [0.25, 0.3) is 0 Å². The van der Waals surface area contributed by atoms with E-state index in [2.05, 4.69) is 0 Å². The highest BCUT2D eigenvalue weighted by molar-refractivity contribution is 5.95. The van der Waals surface area contributed by atoms with Gasteiger partial charge in [-0.1, -0.05) is 0 Å². The Balaban J connectivity index is 1.67. The van der Waals surface area contributed by atoms with Crippen LogP contribution in [0.3, 0.4) is 0 Å². The fourth-order valence-electron chi connectivity index (χ4n) is 2.87. The molecule has 3 aromatic carbocycles. The number of hydrogen-bond acceptors (Lipinski definition) is 8. The van der Waals surface area contributed by atoms with Crippen LogP contribution < -0.4 is 9.47 Å². The Hall–Kier alpha value is -4.60. The van der Waals surface area contributed by atoms with Crippen LogP contribution >= 0.6 is 0 Å². The van der Waals surface area contributed by atoms with Crippen molar-refractivity contribution < 1.29 is 28.9 Å². The molecule has 32 heavy (non-hydrogen) atoms. The maximum atomic E-state index is 12.3. The molecule has 0 aliphatic rings. The summed E-state index contributed by atoms with van der Waals surface area (Å²) in [5, 5.41) is 21.7. The maximum absolute atomic E-state index is 12.3. The van der Waals surface area contributed by atoms with Gasteiger partial charge in [0.05, 0.1) is 21.0 Å². The first-order valence-corrected chi connectivity index (χ1v) is 9.20. The predicted molar refractivity (Wildman–Crippen MR) is 112 cm³/mol. The molecule has 0 radical (unpaired) electrons. The SMILES string of the molecule is Cc1cc(OC(=O)c2ccc(C(=O)Oc3ccc([N+](=O)[O-])c(C)c3)cc2)ccc1[N+](=O)[O-]. The van der Waals surface area contributed by atoms with Gasteiger partial charge in [0.2, 0.25) is 0 Å². The van der Waals surface area contributed by atoms with Crippen LogP contribution in [0.5, 0.6) is 11.5 Å². The van der Waals surface area contributed by atoms with Gasteiger partial charge in [-0.3, -0.25) is 20.2 Å². The average molecular weight is 436 g/mol. The summed E-state index contributed by atoms with van der Waals surface area (Å²) in [4.78, 5) is 45.3. The van der Waals surface area contributed by atoms with Crippen molar-refractivity contribution in [1.29, 1.82) is 0 Å². The smallest absolute Gasteiger partial charge is 0.343 e. The minimum atomic E-state index is -0.704. The number of nitro groups is 2. The second-order valence-electron chi connectivity index (χ2n) is 6.77. The quantitative estimate of drug-likeness (QED) is 0.237. The van der Waals surface area contributed by atoms with Gasteiger partial charge in [-0.15, -0.1) is 0 Å². The lowest BCUT2D eigenvalue weighted by molar-refractivity contribution is -0.385. The van der Waals surface area contributed by atoms with Gasteiger partial charge in [0.15, 0.2) is 0 Å². The number of hydrogen-bond donors (Lipinski definition) is 0. The zero-order valence-corrected chi connectivity index (χ0v) is 16.9. The molecule has 0 heterocycles. The maximum Gasteiger partial charge on any atom is 0.343 e. The highest BCUT2D eigenvalue weighted by Gasteiger charge is 2.16. The fourth-order valence-corrected chi connectivity index (χ4v) is 2.87. The predicted octanol–water partition coefficient (Wildman–Crippen LogP) is 4.56. The molecule has 0 unspecified atom stereocenters. The summed E-state index contributed by atoms with van der Waals surface area (Å²) in [6.07, 6.45) is 0. The molecule has 0 N–H and O–H groups in total. The molecular weight excluding hydrogens is 420 g/mol. The Labute approximate surface area is 181 Å². The van der Waals surface area contributed by atoms with E-state index in [1.54, 1.807) is 0 Å². The van der Waals surface area contributed by atoms with Crippen molar-refractivity contribution in [2.45, 2.75) is 13.8 Å². The van der Waals surface area contributed by atoms with Crippen molar-refractivity contribution in [3.63, 3.8) is 0 Å². The Morgan fingerprint density at radius 1 is 0.656 bits per heavy atom. The van der Waals surface area contributed by atoms with Gasteiger partial charge in [0.1, 0.15) is 11.5 Å². The Morgan fingerprint density at radius 2 is 1.00 bits per heavy atom. The van der Waals surface area contributed by atoms with Gasteiger partial charge < -0.3 is 9.47 Å². The Kier molecular flexibility index (Phi) is 6.24. The van der Waals surface area contributed by atoms with E-state index in [4.69, 9.17) is 9.47 Å². The Morgan fingerprint density at radius 3 is 1.28 bits per heavy atom. The molecule has 0 amide bonds. The van der Waals surface area contributed by atoms with Crippen molar-refractivity contribution in [1.82, 2.24) is 0 Å².